The van der Waals surface area contributed by atoms with Crippen molar-refractivity contribution in [2.75, 3.05) is 6.26 Å². The van der Waals surface area contributed by atoms with Crippen molar-refractivity contribution in [1.29, 1.82) is 0 Å². The molecule has 3 aromatic rings. The average Bonchev–Trinajstić information content (AvgIpc) is 3.08. The Bertz CT molecular complexity index is 1080. The Labute approximate surface area is 152 Å². The molecule has 0 fully saturated rings. The maximum atomic E-state index is 11.7. The van der Waals surface area contributed by atoms with Crippen molar-refractivity contribution < 1.29 is 8.42 Å². The number of tetrazole rings is 1. The molecule has 0 aliphatic rings. The van der Waals surface area contributed by atoms with Gasteiger partial charge in [-0.2, -0.15) is 4.52 Å². The summed E-state index contributed by atoms with van der Waals surface area (Å²) in [5.74, 6) is 0.907. The minimum atomic E-state index is -3.33. The number of nitrogens with one attached hydrogen (secondary N) is 1. The van der Waals surface area contributed by atoms with Gasteiger partial charge in [-0.15, -0.1) is 5.10 Å². The number of hydrogen-bond acceptors (Lipinski definition) is 6. The number of sulfonamides is 1. The molecule has 3 rings (SSSR count). The smallest absolute Gasteiger partial charge is 0.209 e. The van der Waals surface area contributed by atoms with E-state index in [4.69, 9.17) is 4.98 Å². The van der Waals surface area contributed by atoms with Gasteiger partial charge in [-0.25, -0.2) is 18.1 Å². The molecule has 0 aromatic carbocycles. The molecule has 0 bridgehead atoms. The molecule has 9 nitrogen and oxygen atoms in total. The zero-order valence-corrected chi connectivity index (χ0v) is 16.8. The van der Waals surface area contributed by atoms with E-state index in [-0.39, 0.29) is 0 Å². The van der Waals surface area contributed by atoms with Crippen molar-refractivity contribution in [3.05, 3.63) is 17.1 Å². The SMILES string of the molecule is CCCc1nc2c(c(C)c(C)n3nnnc23)n1CC(C)(C)NS(C)(=O)=O. The van der Waals surface area contributed by atoms with Crippen LogP contribution < -0.4 is 4.72 Å². The molecule has 0 radical (unpaired) electrons. The minimum Gasteiger partial charge on any atom is -0.326 e. The molecule has 0 spiro atoms. The van der Waals surface area contributed by atoms with E-state index in [1.807, 2.05) is 27.7 Å². The summed E-state index contributed by atoms with van der Waals surface area (Å²) in [6.07, 6.45) is 2.90. The Balaban J connectivity index is 2.26. The summed E-state index contributed by atoms with van der Waals surface area (Å²) in [7, 11) is -3.33. The van der Waals surface area contributed by atoms with Crippen LogP contribution in [-0.2, 0) is 23.0 Å². The Hall–Kier alpha value is -2.07. The predicted octanol–water partition coefficient (Wildman–Crippen LogP) is 1.37. The van der Waals surface area contributed by atoms with Crippen molar-refractivity contribution in [2.45, 2.75) is 59.5 Å². The summed E-state index contributed by atoms with van der Waals surface area (Å²) < 4.78 is 30.0. The highest BCUT2D eigenvalue weighted by atomic mass is 32.2. The monoisotopic (exact) mass is 379 g/mol. The van der Waals surface area contributed by atoms with Crippen molar-refractivity contribution in [1.82, 2.24) is 34.3 Å². The van der Waals surface area contributed by atoms with Crippen LogP contribution in [-0.4, -0.2) is 49.8 Å². The second-order valence-electron chi connectivity index (χ2n) is 7.44. The fourth-order valence-electron chi connectivity index (χ4n) is 3.44. The van der Waals surface area contributed by atoms with Gasteiger partial charge in [0.25, 0.3) is 0 Å². The fraction of sp³-hybridized carbons (Fsp3) is 0.625. The van der Waals surface area contributed by atoms with Crippen molar-refractivity contribution in [2.24, 2.45) is 0 Å². The van der Waals surface area contributed by atoms with Gasteiger partial charge >= 0.3 is 0 Å². The first kappa shape index (κ1) is 18.7. The average molecular weight is 379 g/mol. The van der Waals surface area contributed by atoms with Crippen LogP contribution in [0.5, 0.6) is 0 Å². The van der Waals surface area contributed by atoms with E-state index in [0.717, 1.165) is 41.0 Å². The molecular formula is C16H25N7O2S. The van der Waals surface area contributed by atoms with Crippen LogP contribution in [0.25, 0.3) is 16.7 Å². The molecule has 0 atom stereocenters. The fourth-order valence-corrected chi connectivity index (χ4v) is 4.51. The first-order chi connectivity index (χ1) is 12.0. The van der Waals surface area contributed by atoms with Gasteiger partial charge in [0.15, 0.2) is 0 Å². The summed E-state index contributed by atoms with van der Waals surface area (Å²) in [6.45, 7) is 10.3. The molecule has 0 saturated heterocycles. The lowest BCUT2D eigenvalue weighted by molar-refractivity contribution is 0.389. The van der Waals surface area contributed by atoms with Crippen molar-refractivity contribution in [3.8, 4) is 0 Å². The molecular weight excluding hydrogens is 354 g/mol. The van der Waals surface area contributed by atoms with E-state index in [1.165, 1.54) is 6.26 Å². The maximum absolute atomic E-state index is 11.7. The van der Waals surface area contributed by atoms with Crippen molar-refractivity contribution >= 4 is 26.7 Å². The zero-order valence-electron chi connectivity index (χ0n) is 16.0. The maximum Gasteiger partial charge on any atom is 0.209 e. The van der Waals surface area contributed by atoms with Gasteiger partial charge in [-0.05, 0) is 50.1 Å². The van der Waals surface area contributed by atoms with Gasteiger partial charge in [0.05, 0.1) is 11.8 Å². The first-order valence-corrected chi connectivity index (χ1v) is 10.5. The van der Waals surface area contributed by atoms with Crippen LogP contribution in [0.4, 0.5) is 0 Å². The third kappa shape index (κ3) is 3.30. The van der Waals surface area contributed by atoms with Crippen LogP contribution in [0.3, 0.4) is 0 Å². The molecule has 0 aliphatic heterocycles. The Morgan fingerprint density at radius 2 is 1.92 bits per heavy atom. The number of aromatic nitrogens is 6. The van der Waals surface area contributed by atoms with Gasteiger partial charge in [0.2, 0.25) is 15.7 Å². The van der Waals surface area contributed by atoms with E-state index in [9.17, 15) is 8.42 Å². The summed E-state index contributed by atoms with van der Waals surface area (Å²) in [6, 6.07) is 0. The van der Waals surface area contributed by atoms with Crippen LogP contribution in [0.1, 0.15) is 44.3 Å². The highest BCUT2D eigenvalue weighted by Crippen LogP contribution is 2.28. The second kappa shape index (κ2) is 6.27. The Morgan fingerprint density at radius 3 is 2.54 bits per heavy atom. The molecule has 10 heteroatoms. The van der Waals surface area contributed by atoms with Gasteiger partial charge < -0.3 is 4.57 Å². The van der Waals surface area contributed by atoms with Crippen LogP contribution >= 0.6 is 0 Å². The lowest BCUT2D eigenvalue weighted by atomic mass is 10.1. The highest BCUT2D eigenvalue weighted by molar-refractivity contribution is 7.88. The number of pyridine rings is 1. The molecule has 0 aliphatic carbocycles. The number of fused-ring (bicyclic) bond motifs is 3. The van der Waals surface area contributed by atoms with Gasteiger partial charge in [0, 0.05) is 24.2 Å². The largest absolute Gasteiger partial charge is 0.326 e. The van der Waals surface area contributed by atoms with E-state index >= 15 is 0 Å². The summed E-state index contributed by atoms with van der Waals surface area (Å²) >= 11 is 0. The molecule has 142 valence electrons. The molecule has 0 saturated carbocycles. The Kier molecular flexibility index (Phi) is 4.51. The number of imidazole rings is 1. The number of aryl methyl sites for hydroxylation is 3. The number of nitrogens with zero attached hydrogens (tertiary/aromatic N) is 6. The standard InChI is InChI=1S/C16H25N7O2S/c1-7-8-12-17-13-14(10(2)11(3)23-15(13)18-20-21-23)22(12)9-16(4,5)19-26(6,24)25/h19H,7-9H2,1-6H3. The summed E-state index contributed by atoms with van der Waals surface area (Å²) in [4.78, 5) is 4.81. The van der Waals surface area contributed by atoms with E-state index in [2.05, 4.69) is 31.7 Å². The lowest BCUT2D eigenvalue weighted by Crippen LogP contribution is -2.46. The molecule has 26 heavy (non-hydrogen) atoms. The predicted molar refractivity (Wildman–Crippen MR) is 99.6 cm³/mol. The molecule has 3 heterocycles. The minimum absolute atomic E-state index is 0.462. The van der Waals surface area contributed by atoms with E-state index < -0.39 is 15.6 Å². The van der Waals surface area contributed by atoms with Gasteiger partial charge in [-0.3, -0.25) is 0 Å². The van der Waals surface area contributed by atoms with Gasteiger partial charge in [0.1, 0.15) is 11.3 Å². The molecule has 3 aromatic heterocycles. The highest BCUT2D eigenvalue weighted by Gasteiger charge is 2.27. The van der Waals surface area contributed by atoms with E-state index in [0.29, 0.717) is 12.2 Å². The third-order valence-corrected chi connectivity index (χ3v) is 5.36. The summed E-state index contributed by atoms with van der Waals surface area (Å²) in [5.41, 5.74) is 3.63. The Morgan fingerprint density at radius 1 is 1.23 bits per heavy atom. The first-order valence-electron chi connectivity index (χ1n) is 8.59. The zero-order chi connectivity index (χ0) is 19.3. The molecule has 1 N–H and O–H groups in total. The van der Waals surface area contributed by atoms with Crippen LogP contribution in [0.2, 0.25) is 0 Å². The molecule has 0 amide bonds. The quantitative estimate of drug-likeness (QED) is 0.693. The van der Waals surface area contributed by atoms with E-state index in [1.54, 1.807) is 4.52 Å². The molecule has 0 unspecified atom stereocenters. The second-order valence-corrected chi connectivity index (χ2v) is 9.19. The lowest BCUT2D eigenvalue weighted by Gasteiger charge is -2.27. The number of rotatable bonds is 6. The topological polar surface area (TPSA) is 107 Å². The summed E-state index contributed by atoms with van der Waals surface area (Å²) in [5, 5.41) is 12.0. The number of hydrogen-bond donors (Lipinski definition) is 1. The third-order valence-electron chi connectivity index (χ3n) is 4.43. The van der Waals surface area contributed by atoms with Crippen molar-refractivity contribution in [3.63, 3.8) is 0 Å². The van der Waals surface area contributed by atoms with Crippen LogP contribution in [0, 0.1) is 13.8 Å². The normalized spacial score (nSPS) is 13.2. The van der Waals surface area contributed by atoms with Gasteiger partial charge in [-0.1, -0.05) is 6.92 Å². The van der Waals surface area contributed by atoms with Crippen LogP contribution in [0.15, 0.2) is 0 Å².